The number of amides is 2. The fourth-order valence-corrected chi connectivity index (χ4v) is 4.46. The molecule has 0 unspecified atom stereocenters. The lowest BCUT2D eigenvalue weighted by atomic mass is 10.0. The van der Waals surface area contributed by atoms with Gasteiger partial charge in [0.25, 0.3) is 0 Å². The molecule has 1 saturated heterocycles. The third-order valence-corrected chi connectivity index (χ3v) is 6.24. The standard InChI is InChI=1S/C27H23FN6O.ClH/c1-18-17-33(13-14-34(18)27(35)30-24-12-11-19(16-29)15-23(24)28)26-22-10-6-5-9-21(22)25(31-32-26)20-7-3-2-4-8-20;/h2-12,15,18H,13-14,17H2,1H3,(H,30,35);1H/t18-;/m0./s1. The maximum Gasteiger partial charge on any atom is 0.322 e. The number of anilines is 2. The second-order valence-electron chi connectivity index (χ2n) is 8.51. The van der Waals surface area contributed by atoms with Gasteiger partial charge in [-0.15, -0.1) is 22.6 Å². The van der Waals surface area contributed by atoms with Crippen LogP contribution in [0.1, 0.15) is 12.5 Å². The molecule has 0 bridgehead atoms. The van der Waals surface area contributed by atoms with Gasteiger partial charge in [0.15, 0.2) is 5.82 Å². The van der Waals surface area contributed by atoms with Crippen molar-refractivity contribution in [3.63, 3.8) is 0 Å². The van der Waals surface area contributed by atoms with Crippen LogP contribution in [0.25, 0.3) is 22.0 Å². The van der Waals surface area contributed by atoms with Crippen molar-refractivity contribution < 1.29 is 9.18 Å². The van der Waals surface area contributed by atoms with Gasteiger partial charge in [-0.25, -0.2) is 9.18 Å². The summed E-state index contributed by atoms with van der Waals surface area (Å²) < 4.78 is 14.2. The molecular formula is C27H24ClFN6O. The predicted octanol–water partition coefficient (Wildman–Crippen LogP) is 5.47. The summed E-state index contributed by atoms with van der Waals surface area (Å²) in [6.45, 7) is 3.53. The van der Waals surface area contributed by atoms with Crippen LogP contribution in [0.3, 0.4) is 0 Å². The number of nitrogens with one attached hydrogen (secondary N) is 1. The van der Waals surface area contributed by atoms with E-state index in [0.717, 1.165) is 33.9 Å². The van der Waals surface area contributed by atoms with Crippen LogP contribution in [0, 0.1) is 17.1 Å². The Hall–Kier alpha value is -4.22. The lowest BCUT2D eigenvalue weighted by Crippen LogP contribution is -2.55. The molecule has 1 N–H and O–H groups in total. The third-order valence-electron chi connectivity index (χ3n) is 6.24. The van der Waals surface area contributed by atoms with Crippen molar-refractivity contribution in [2.24, 2.45) is 0 Å². The van der Waals surface area contributed by atoms with E-state index in [9.17, 15) is 9.18 Å². The van der Waals surface area contributed by atoms with Crippen molar-refractivity contribution in [2.75, 3.05) is 29.9 Å². The first-order chi connectivity index (χ1) is 17.0. The molecule has 1 fully saturated rings. The number of aromatic nitrogens is 2. The van der Waals surface area contributed by atoms with E-state index in [-0.39, 0.29) is 35.7 Å². The Bertz CT molecular complexity index is 1440. The van der Waals surface area contributed by atoms with Crippen molar-refractivity contribution in [1.82, 2.24) is 15.1 Å². The van der Waals surface area contributed by atoms with Crippen LogP contribution in [-0.2, 0) is 0 Å². The maximum absolute atomic E-state index is 14.2. The van der Waals surface area contributed by atoms with Crippen molar-refractivity contribution in [2.45, 2.75) is 13.0 Å². The smallest absolute Gasteiger partial charge is 0.322 e. The molecule has 4 aromatic rings. The minimum absolute atomic E-state index is 0. The van der Waals surface area contributed by atoms with Gasteiger partial charge in [0.1, 0.15) is 11.5 Å². The van der Waals surface area contributed by atoms with Gasteiger partial charge in [-0.05, 0) is 25.1 Å². The van der Waals surface area contributed by atoms with E-state index in [4.69, 9.17) is 5.26 Å². The molecule has 7 nitrogen and oxygen atoms in total. The first-order valence-corrected chi connectivity index (χ1v) is 11.4. The number of fused-ring (bicyclic) bond motifs is 1. The van der Waals surface area contributed by atoms with E-state index < -0.39 is 5.82 Å². The third kappa shape index (κ3) is 4.79. The molecule has 2 amide bonds. The molecule has 1 atom stereocenters. The van der Waals surface area contributed by atoms with E-state index in [1.165, 1.54) is 12.1 Å². The number of urea groups is 1. The van der Waals surface area contributed by atoms with Crippen molar-refractivity contribution in [3.8, 4) is 17.3 Å². The van der Waals surface area contributed by atoms with Crippen molar-refractivity contribution >= 4 is 40.7 Å². The van der Waals surface area contributed by atoms with Gasteiger partial charge in [-0.2, -0.15) is 5.26 Å². The van der Waals surface area contributed by atoms with Crippen LogP contribution in [0.15, 0.2) is 72.8 Å². The number of nitriles is 1. The van der Waals surface area contributed by atoms with E-state index >= 15 is 0 Å². The summed E-state index contributed by atoms with van der Waals surface area (Å²) >= 11 is 0. The zero-order valence-corrected chi connectivity index (χ0v) is 20.4. The molecule has 0 saturated carbocycles. The number of rotatable bonds is 3. The number of carbonyl (C=O) groups excluding carboxylic acids is 1. The minimum atomic E-state index is -0.635. The first-order valence-electron chi connectivity index (χ1n) is 11.4. The fraction of sp³-hybridized carbons (Fsp3) is 0.185. The molecule has 0 radical (unpaired) electrons. The molecular weight excluding hydrogens is 479 g/mol. The average molecular weight is 503 g/mol. The Morgan fingerprint density at radius 3 is 2.44 bits per heavy atom. The van der Waals surface area contributed by atoms with Crippen molar-refractivity contribution in [3.05, 3.63) is 84.2 Å². The van der Waals surface area contributed by atoms with Gasteiger partial charge in [-0.3, -0.25) is 0 Å². The van der Waals surface area contributed by atoms with Crippen LogP contribution in [0.2, 0.25) is 0 Å². The molecule has 1 aliphatic heterocycles. The summed E-state index contributed by atoms with van der Waals surface area (Å²) in [6, 6.07) is 23.4. The quantitative estimate of drug-likeness (QED) is 0.401. The molecule has 36 heavy (non-hydrogen) atoms. The molecule has 9 heteroatoms. The lowest BCUT2D eigenvalue weighted by molar-refractivity contribution is 0.184. The van der Waals surface area contributed by atoms with E-state index in [1.54, 1.807) is 4.90 Å². The summed E-state index contributed by atoms with van der Waals surface area (Å²) in [5.74, 6) is 0.147. The lowest BCUT2D eigenvalue weighted by Gasteiger charge is -2.40. The van der Waals surface area contributed by atoms with E-state index in [2.05, 4.69) is 26.5 Å². The van der Waals surface area contributed by atoms with Crippen LogP contribution < -0.4 is 10.2 Å². The summed E-state index contributed by atoms with van der Waals surface area (Å²) in [4.78, 5) is 16.7. The SMILES string of the molecule is C[C@H]1CN(c2nnc(-c3ccccc3)c3ccccc23)CCN1C(=O)Nc1ccc(C#N)cc1F.Cl. The zero-order chi connectivity index (χ0) is 24.4. The summed E-state index contributed by atoms with van der Waals surface area (Å²) in [5, 5.41) is 22.7. The second-order valence-corrected chi connectivity index (χ2v) is 8.51. The number of halogens is 2. The highest BCUT2D eigenvalue weighted by Gasteiger charge is 2.30. The highest BCUT2D eigenvalue weighted by atomic mass is 35.5. The van der Waals surface area contributed by atoms with E-state index in [1.807, 2.05) is 61.5 Å². The number of piperazine rings is 1. The van der Waals surface area contributed by atoms with E-state index in [0.29, 0.717) is 19.6 Å². The van der Waals surface area contributed by atoms with Crippen molar-refractivity contribution in [1.29, 1.82) is 5.26 Å². The molecule has 182 valence electrons. The number of hydrogen-bond donors (Lipinski definition) is 1. The molecule has 0 spiro atoms. The summed E-state index contributed by atoms with van der Waals surface area (Å²) in [7, 11) is 0. The molecule has 3 aromatic carbocycles. The Kier molecular flexibility index (Phi) is 7.32. The predicted molar refractivity (Wildman–Crippen MR) is 141 cm³/mol. The molecule has 1 aromatic heterocycles. The van der Waals surface area contributed by atoms with Gasteiger partial charge in [0, 0.05) is 42.0 Å². The fourth-order valence-electron chi connectivity index (χ4n) is 4.46. The molecule has 1 aliphatic rings. The first kappa shape index (κ1) is 24.9. The van der Waals surface area contributed by atoms with Crippen LogP contribution in [-0.4, -0.2) is 46.8 Å². The van der Waals surface area contributed by atoms with Crippen LogP contribution >= 0.6 is 12.4 Å². The van der Waals surface area contributed by atoms with Crippen LogP contribution in [0.4, 0.5) is 20.7 Å². The monoisotopic (exact) mass is 502 g/mol. The average Bonchev–Trinajstić information content (AvgIpc) is 2.89. The molecule has 5 rings (SSSR count). The zero-order valence-electron chi connectivity index (χ0n) is 19.6. The Labute approximate surface area is 214 Å². The highest BCUT2D eigenvalue weighted by Crippen LogP contribution is 2.32. The minimum Gasteiger partial charge on any atom is -0.351 e. The topological polar surface area (TPSA) is 85.2 Å². The van der Waals surface area contributed by atoms with Gasteiger partial charge >= 0.3 is 6.03 Å². The number of nitrogens with zero attached hydrogens (tertiary/aromatic N) is 5. The Balaban J connectivity index is 0.00000304. The number of hydrogen-bond acceptors (Lipinski definition) is 5. The normalized spacial score (nSPS) is 15.2. The molecule has 0 aliphatic carbocycles. The van der Waals surface area contributed by atoms with Gasteiger partial charge in [0.05, 0.1) is 17.3 Å². The van der Waals surface area contributed by atoms with Crippen LogP contribution in [0.5, 0.6) is 0 Å². The van der Waals surface area contributed by atoms with Gasteiger partial charge in [0.2, 0.25) is 0 Å². The van der Waals surface area contributed by atoms with Gasteiger partial charge < -0.3 is 15.1 Å². The summed E-state index contributed by atoms with van der Waals surface area (Å²) in [5.41, 5.74) is 2.10. The largest absolute Gasteiger partial charge is 0.351 e. The second kappa shape index (κ2) is 10.6. The molecule has 2 heterocycles. The Morgan fingerprint density at radius 1 is 1.03 bits per heavy atom. The van der Waals surface area contributed by atoms with Gasteiger partial charge in [-0.1, -0.05) is 54.6 Å². The highest BCUT2D eigenvalue weighted by molar-refractivity contribution is 6.00. The number of carbonyl (C=O) groups is 1. The number of benzene rings is 3. The maximum atomic E-state index is 14.2. The summed E-state index contributed by atoms with van der Waals surface area (Å²) in [6.07, 6.45) is 0. The Morgan fingerprint density at radius 2 is 1.75 bits per heavy atom.